The van der Waals surface area contributed by atoms with Crippen LogP contribution in [0.25, 0.3) is 10.6 Å². The third-order valence-corrected chi connectivity index (χ3v) is 4.56. The summed E-state index contributed by atoms with van der Waals surface area (Å²) < 4.78 is 1.86. The minimum Gasteiger partial charge on any atom is -0.350 e. The van der Waals surface area contributed by atoms with E-state index in [-0.39, 0.29) is 5.91 Å². The first-order chi connectivity index (χ1) is 11.1. The highest BCUT2D eigenvalue weighted by molar-refractivity contribution is 7.13. The molecule has 23 heavy (non-hydrogen) atoms. The Hall–Kier alpha value is -2.40. The van der Waals surface area contributed by atoms with Crippen LogP contribution in [-0.2, 0) is 6.54 Å². The fourth-order valence-electron chi connectivity index (χ4n) is 2.49. The minimum absolute atomic E-state index is 0.0341. The summed E-state index contributed by atoms with van der Waals surface area (Å²) in [5.74, 6) is -0.0341. The predicted molar refractivity (Wildman–Crippen MR) is 93.8 cm³/mol. The van der Waals surface area contributed by atoms with Gasteiger partial charge in [-0.05, 0) is 43.0 Å². The third-order valence-electron chi connectivity index (χ3n) is 3.67. The number of aromatic nitrogens is 2. The van der Waals surface area contributed by atoms with E-state index in [0.29, 0.717) is 13.1 Å². The topological polar surface area (TPSA) is 46.9 Å². The Labute approximate surface area is 139 Å². The lowest BCUT2D eigenvalue weighted by atomic mass is 10.1. The molecule has 0 saturated carbocycles. The number of carbonyl (C=O) groups is 1. The van der Waals surface area contributed by atoms with Crippen LogP contribution in [0.5, 0.6) is 0 Å². The van der Waals surface area contributed by atoms with Crippen molar-refractivity contribution in [2.24, 2.45) is 0 Å². The number of amides is 1. The summed E-state index contributed by atoms with van der Waals surface area (Å²) in [4.78, 5) is 13.4. The number of nitrogens with zero attached hydrogens (tertiary/aromatic N) is 2. The molecule has 3 aromatic rings. The molecule has 1 N–H and O–H groups in total. The van der Waals surface area contributed by atoms with Crippen LogP contribution in [0.4, 0.5) is 0 Å². The van der Waals surface area contributed by atoms with Crippen LogP contribution in [0.2, 0.25) is 0 Å². The van der Waals surface area contributed by atoms with Crippen molar-refractivity contribution >= 4 is 17.2 Å². The van der Waals surface area contributed by atoms with E-state index in [1.807, 2.05) is 60.4 Å². The number of benzene rings is 1. The van der Waals surface area contributed by atoms with Gasteiger partial charge in [-0.25, -0.2) is 0 Å². The molecule has 0 unspecified atom stereocenters. The predicted octanol–water partition coefficient (Wildman–Crippen LogP) is 3.66. The first kappa shape index (κ1) is 15.5. The van der Waals surface area contributed by atoms with Crippen LogP contribution < -0.4 is 5.32 Å². The average Bonchev–Trinajstić information content (AvgIpc) is 3.18. The van der Waals surface area contributed by atoms with Crippen molar-refractivity contribution in [2.45, 2.75) is 20.4 Å². The summed E-state index contributed by atoms with van der Waals surface area (Å²) in [5, 5.41) is 9.52. The van der Waals surface area contributed by atoms with E-state index < -0.39 is 0 Å². The molecule has 2 heterocycles. The van der Waals surface area contributed by atoms with Gasteiger partial charge >= 0.3 is 0 Å². The second-order valence-corrected chi connectivity index (χ2v) is 6.46. The lowest BCUT2D eigenvalue weighted by molar-refractivity contribution is 0.0951. The largest absolute Gasteiger partial charge is 0.350 e. The molecule has 0 saturated heterocycles. The fourth-order valence-corrected chi connectivity index (χ4v) is 3.18. The zero-order chi connectivity index (χ0) is 16.2. The smallest absolute Gasteiger partial charge is 0.251 e. The summed E-state index contributed by atoms with van der Waals surface area (Å²) in [6, 6.07) is 11.9. The SMILES string of the molecule is Cc1ccc(C(=O)NCCn2ccc(-c3cccs3)n2)c(C)c1. The molecule has 4 nitrogen and oxygen atoms in total. The number of thiophene rings is 1. The second kappa shape index (κ2) is 6.79. The highest BCUT2D eigenvalue weighted by Gasteiger charge is 2.08. The van der Waals surface area contributed by atoms with Crippen molar-refractivity contribution in [3.63, 3.8) is 0 Å². The maximum atomic E-state index is 12.2. The molecule has 0 aliphatic heterocycles. The molecule has 0 bridgehead atoms. The molecular formula is C18H19N3OS. The summed E-state index contributed by atoms with van der Waals surface area (Å²) in [5.41, 5.74) is 3.87. The molecule has 0 spiro atoms. The lowest BCUT2D eigenvalue weighted by Gasteiger charge is -2.08. The Balaban J connectivity index is 1.56. The van der Waals surface area contributed by atoms with E-state index in [1.54, 1.807) is 11.3 Å². The van der Waals surface area contributed by atoms with E-state index in [2.05, 4.69) is 16.5 Å². The number of hydrogen-bond donors (Lipinski definition) is 1. The quantitative estimate of drug-likeness (QED) is 0.778. The summed E-state index contributed by atoms with van der Waals surface area (Å²) in [7, 11) is 0. The molecular weight excluding hydrogens is 306 g/mol. The molecule has 1 amide bonds. The standard InChI is InChI=1S/C18H19N3OS/c1-13-5-6-15(14(2)12-13)18(22)19-8-10-21-9-7-16(20-21)17-4-3-11-23-17/h3-7,9,11-12H,8,10H2,1-2H3,(H,19,22). The third kappa shape index (κ3) is 3.68. The van der Waals surface area contributed by atoms with E-state index in [9.17, 15) is 4.79 Å². The van der Waals surface area contributed by atoms with Crippen LogP contribution in [0, 0.1) is 13.8 Å². The Morgan fingerprint density at radius 2 is 2.13 bits per heavy atom. The van der Waals surface area contributed by atoms with Gasteiger partial charge in [-0.2, -0.15) is 5.10 Å². The monoisotopic (exact) mass is 325 g/mol. The van der Waals surface area contributed by atoms with E-state index in [4.69, 9.17) is 0 Å². The first-order valence-corrected chi connectivity index (χ1v) is 8.44. The van der Waals surface area contributed by atoms with Crippen molar-refractivity contribution in [2.75, 3.05) is 6.54 Å². The molecule has 2 aromatic heterocycles. The number of carbonyl (C=O) groups excluding carboxylic acids is 1. The van der Waals surface area contributed by atoms with E-state index in [0.717, 1.165) is 27.3 Å². The molecule has 3 rings (SSSR count). The Bertz CT molecular complexity index is 806. The van der Waals surface area contributed by atoms with Gasteiger partial charge in [-0.3, -0.25) is 9.48 Å². The summed E-state index contributed by atoms with van der Waals surface area (Å²) >= 11 is 1.67. The van der Waals surface area contributed by atoms with Crippen LogP contribution in [-0.4, -0.2) is 22.2 Å². The number of hydrogen-bond acceptors (Lipinski definition) is 3. The van der Waals surface area contributed by atoms with Gasteiger partial charge in [0.05, 0.1) is 11.4 Å². The van der Waals surface area contributed by atoms with Gasteiger partial charge < -0.3 is 5.32 Å². The Morgan fingerprint density at radius 3 is 2.87 bits per heavy atom. The lowest BCUT2D eigenvalue weighted by Crippen LogP contribution is -2.28. The molecule has 118 valence electrons. The number of rotatable bonds is 5. The van der Waals surface area contributed by atoms with Crippen molar-refractivity contribution in [3.8, 4) is 10.6 Å². The molecule has 0 radical (unpaired) electrons. The first-order valence-electron chi connectivity index (χ1n) is 7.56. The van der Waals surface area contributed by atoms with E-state index >= 15 is 0 Å². The second-order valence-electron chi connectivity index (χ2n) is 5.52. The van der Waals surface area contributed by atoms with Gasteiger partial charge in [0.15, 0.2) is 0 Å². The highest BCUT2D eigenvalue weighted by Crippen LogP contribution is 2.22. The molecule has 5 heteroatoms. The van der Waals surface area contributed by atoms with Crippen LogP contribution in [0.1, 0.15) is 21.5 Å². The number of nitrogens with one attached hydrogen (secondary N) is 1. The molecule has 0 aliphatic carbocycles. The van der Waals surface area contributed by atoms with Gasteiger partial charge in [0.2, 0.25) is 0 Å². The normalized spacial score (nSPS) is 10.7. The van der Waals surface area contributed by atoms with Crippen molar-refractivity contribution in [1.29, 1.82) is 0 Å². The van der Waals surface area contributed by atoms with Crippen LogP contribution >= 0.6 is 11.3 Å². The van der Waals surface area contributed by atoms with Crippen molar-refractivity contribution in [1.82, 2.24) is 15.1 Å². The maximum absolute atomic E-state index is 12.2. The van der Waals surface area contributed by atoms with Crippen molar-refractivity contribution in [3.05, 3.63) is 64.7 Å². The van der Waals surface area contributed by atoms with Crippen LogP contribution in [0.15, 0.2) is 48.0 Å². The van der Waals surface area contributed by atoms with Gasteiger partial charge in [-0.1, -0.05) is 23.8 Å². The molecule has 1 aromatic carbocycles. The summed E-state index contributed by atoms with van der Waals surface area (Å²) in [6.45, 7) is 5.19. The highest BCUT2D eigenvalue weighted by atomic mass is 32.1. The van der Waals surface area contributed by atoms with Crippen molar-refractivity contribution < 1.29 is 4.79 Å². The average molecular weight is 325 g/mol. The number of aryl methyl sites for hydroxylation is 2. The molecule has 0 aliphatic rings. The van der Waals surface area contributed by atoms with Crippen LogP contribution in [0.3, 0.4) is 0 Å². The van der Waals surface area contributed by atoms with Gasteiger partial charge in [0.1, 0.15) is 5.69 Å². The van der Waals surface area contributed by atoms with Gasteiger partial charge in [0, 0.05) is 18.3 Å². The summed E-state index contributed by atoms with van der Waals surface area (Å²) in [6.07, 6.45) is 1.94. The maximum Gasteiger partial charge on any atom is 0.251 e. The van der Waals surface area contributed by atoms with Gasteiger partial charge in [-0.15, -0.1) is 11.3 Å². The zero-order valence-corrected chi connectivity index (χ0v) is 14.1. The Kier molecular flexibility index (Phi) is 4.57. The fraction of sp³-hybridized carbons (Fsp3) is 0.222. The van der Waals surface area contributed by atoms with E-state index in [1.165, 1.54) is 0 Å². The molecule has 0 fully saturated rings. The minimum atomic E-state index is -0.0341. The zero-order valence-electron chi connectivity index (χ0n) is 13.2. The Morgan fingerprint density at radius 1 is 1.26 bits per heavy atom. The molecule has 0 atom stereocenters. The van der Waals surface area contributed by atoms with Gasteiger partial charge in [0.25, 0.3) is 5.91 Å².